The molecule has 0 spiro atoms. The van der Waals surface area contributed by atoms with Gasteiger partial charge in [-0.15, -0.1) is 0 Å². The van der Waals surface area contributed by atoms with Gasteiger partial charge in [-0.05, 0) is 0 Å². The van der Waals surface area contributed by atoms with Crippen LogP contribution in [0.15, 0.2) is 0 Å². The summed E-state index contributed by atoms with van der Waals surface area (Å²) < 4.78 is 28.9. The van der Waals surface area contributed by atoms with Gasteiger partial charge in [0.15, 0.2) is 0 Å². The maximum absolute atomic E-state index is 10.6. The molecule has 0 saturated heterocycles. The Morgan fingerprint density at radius 2 is 0.857 bits per heavy atom. The summed E-state index contributed by atoms with van der Waals surface area (Å²) in [5.74, 6) is 0. The van der Waals surface area contributed by atoms with E-state index in [1.807, 2.05) is 0 Å². The maximum atomic E-state index is 10.6. The average molecular weight is 272 g/mol. The van der Waals surface area contributed by atoms with Gasteiger partial charge in [-0.1, -0.05) is 3.79 Å². The van der Waals surface area contributed by atoms with Gasteiger partial charge in [0.1, 0.15) is 0 Å². The van der Waals surface area contributed by atoms with Crippen molar-refractivity contribution in [3.05, 3.63) is 0 Å². The second-order valence-corrected chi connectivity index (χ2v) is 8.83. The summed E-state index contributed by atoms with van der Waals surface area (Å²) in [5, 5.41) is 0. The van der Waals surface area contributed by atoms with Gasteiger partial charge in [-0.25, -0.2) is 13.7 Å². The van der Waals surface area contributed by atoms with E-state index in [1.54, 1.807) is 0 Å². The van der Waals surface area contributed by atoms with E-state index in [1.165, 1.54) is 0 Å². The molecule has 0 aliphatic rings. The van der Waals surface area contributed by atoms with E-state index in [-0.39, 0.29) is 7.05 Å². The number of hydrogen-bond donors (Lipinski definition) is 6. The van der Waals surface area contributed by atoms with Crippen LogP contribution >= 0.6 is 23.2 Å². The minimum Gasteiger partial charge on any atom is -0.278 e. The van der Waals surface area contributed by atoms with Crippen LogP contribution in [0.4, 0.5) is 0 Å². The van der Waals surface area contributed by atoms with Gasteiger partial charge >= 0.3 is 23.2 Å². The Bertz CT molecular complexity index is 299. The van der Waals surface area contributed by atoms with E-state index < -0.39 is 27.0 Å². The Hall–Kier alpha value is 0.410. The van der Waals surface area contributed by atoms with Crippen LogP contribution in [0, 0.1) is 0 Å². The molecule has 0 radical (unpaired) electrons. The molecule has 0 heterocycles. The predicted molar refractivity (Wildman–Crippen MR) is 42.3 cm³/mol. The highest BCUT2D eigenvalue weighted by molar-refractivity contribution is 7.70. The summed E-state index contributed by atoms with van der Waals surface area (Å²) in [7, 11) is -17.1. The smallest absolute Gasteiger partial charge is 0.278 e. The molecule has 0 atom stereocenters. The lowest BCUT2D eigenvalue weighted by molar-refractivity contribution is -0.569. The van der Waals surface area contributed by atoms with Crippen molar-refractivity contribution in [3.8, 4) is 0 Å². The van der Waals surface area contributed by atoms with Crippen LogP contribution in [0.5, 0.6) is 0 Å². The molecule has 13 heteroatoms. The molecular weight excluding hydrogens is 263 g/mol. The van der Waals surface area contributed by atoms with Gasteiger partial charge < -0.3 is 0 Å². The summed E-state index contributed by atoms with van der Waals surface area (Å²) >= 11 is 0. The lowest BCUT2D eigenvalue weighted by Crippen LogP contribution is -2.32. The number of nitrogens with zero attached hydrogens (tertiary/aromatic N) is 1. The van der Waals surface area contributed by atoms with E-state index >= 15 is 0 Å². The molecule has 0 unspecified atom stereocenters. The van der Waals surface area contributed by atoms with Crippen molar-refractivity contribution in [2.75, 3.05) is 7.05 Å². The summed E-state index contributed by atoms with van der Waals surface area (Å²) in [6, 6.07) is 0. The Kier molecular flexibility index (Phi) is 3.57. The predicted octanol–water partition coefficient (Wildman–Crippen LogP) is -1.29. The van der Waals surface area contributed by atoms with Gasteiger partial charge in [-0.2, -0.15) is 0 Å². The lowest BCUT2D eigenvalue weighted by atomic mass is 11.6. The summed E-state index contributed by atoms with van der Waals surface area (Å²) in [6.45, 7) is 0. The van der Waals surface area contributed by atoms with Crippen molar-refractivity contribution in [3.63, 3.8) is 0 Å². The zero-order valence-corrected chi connectivity index (χ0v) is 9.38. The first kappa shape index (κ1) is 14.4. The molecule has 0 fully saturated rings. The van der Waals surface area contributed by atoms with Crippen LogP contribution in [0.3, 0.4) is 0 Å². The van der Waals surface area contributed by atoms with E-state index in [0.29, 0.717) is 0 Å². The monoisotopic (exact) mass is 272 g/mol. The van der Waals surface area contributed by atoms with E-state index in [2.05, 4.69) is 0 Å². The highest BCUT2D eigenvalue weighted by Gasteiger charge is 2.68. The molecule has 0 amide bonds. The summed E-state index contributed by atoms with van der Waals surface area (Å²) in [6.07, 6.45) is 0. The minimum absolute atomic E-state index is 0.0856. The summed E-state index contributed by atoms with van der Waals surface area (Å²) in [5.41, 5.74) is 0. The Morgan fingerprint density at radius 3 is 0.857 bits per heavy atom. The molecule has 10 nitrogen and oxygen atoms in total. The van der Waals surface area contributed by atoms with E-state index in [0.717, 1.165) is 0 Å². The molecule has 0 bridgehead atoms. The van der Waals surface area contributed by atoms with Gasteiger partial charge in [-0.3, -0.25) is 29.4 Å². The molecular formula is CH9NO9P3+. The first-order valence-corrected chi connectivity index (χ1v) is 7.49. The van der Waals surface area contributed by atoms with Gasteiger partial charge in [0.2, 0.25) is 0 Å². The second kappa shape index (κ2) is 3.47. The first-order chi connectivity index (χ1) is 5.75. The lowest BCUT2D eigenvalue weighted by Gasteiger charge is -2.31. The fraction of sp³-hybridized carbons (Fsp3) is 1.00. The molecule has 0 saturated carbocycles. The number of quaternary nitrogens is 1. The van der Waals surface area contributed by atoms with Crippen molar-refractivity contribution < 1.29 is 46.9 Å². The number of rotatable bonds is 3. The Balaban J connectivity index is 5.95. The van der Waals surface area contributed by atoms with Crippen LogP contribution < -0.4 is 0 Å². The average Bonchev–Trinajstić information content (AvgIpc) is 1.77. The van der Waals surface area contributed by atoms with Crippen LogP contribution in [-0.2, 0) is 13.7 Å². The SMILES string of the molecule is C[N+](P(=O)(O)O)(P(=O)(O)O)P(=O)(O)O. The van der Waals surface area contributed by atoms with Crippen molar-refractivity contribution in [2.24, 2.45) is 0 Å². The molecule has 0 rings (SSSR count). The summed E-state index contributed by atoms with van der Waals surface area (Å²) in [4.78, 5) is 51.0. The molecule has 0 aliphatic carbocycles. The standard InChI is InChI=1S/CH8NO9P3/c1-2(12(3,4)5,13(6,7)8)14(9,10)11/h1H3,(H5-,3,4,5,6,7,8,9,10,11)/p+1. The quantitative estimate of drug-likeness (QED) is 0.341. The third kappa shape index (κ3) is 2.15. The topological polar surface area (TPSA) is 173 Å². The van der Waals surface area contributed by atoms with Crippen LogP contribution in [0.25, 0.3) is 0 Å². The van der Waals surface area contributed by atoms with Crippen molar-refractivity contribution in [1.29, 1.82) is 0 Å². The molecule has 6 N–H and O–H groups in total. The maximum Gasteiger partial charge on any atom is 0.540 e. The molecule has 0 aromatic carbocycles. The Morgan fingerprint density at radius 1 is 0.714 bits per heavy atom. The van der Waals surface area contributed by atoms with Crippen molar-refractivity contribution in [1.82, 2.24) is 0 Å². The van der Waals surface area contributed by atoms with Crippen LogP contribution in [-0.4, -0.2) is 40.2 Å². The molecule has 86 valence electrons. The zero-order valence-electron chi connectivity index (χ0n) is 6.70. The van der Waals surface area contributed by atoms with Crippen LogP contribution in [0.1, 0.15) is 0 Å². The molecule has 0 aromatic heterocycles. The third-order valence-electron chi connectivity index (χ3n) is 1.48. The third-order valence-corrected chi connectivity index (χ3v) is 8.64. The van der Waals surface area contributed by atoms with Crippen LogP contribution in [0.2, 0.25) is 0 Å². The highest BCUT2D eigenvalue weighted by Crippen LogP contribution is 2.78. The first-order valence-electron chi connectivity index (χ1n) is 2.79. The molecule has 14 heavy (non-hydrogen) atoms. The zero-order chi connectivity index (χ0) is 12.0. The normalized spacial score (nSPS) is 15.6. The fourth-order valence-electron chi connectivity index (χ4n) is 0.455. The fourth-order valence-corrected chi connectivity index (χ4v) is 4.10. The second-order valence-electron chi connectivity index (χ2n) is 2.41. The van der Waals surface area contributed by atoms with E-state index in [4.69, 9.17) is 29.4 Å². The minimum atomic E-state index is -5.72. The largest absolute Gasteiger partial charge is 0.540 e. The van der Waals surface area contributed by atoms with Gasteiger partial charge in [0.05, 0.1) is 7.05 Å². The number of hydrogen-bond acceptors (Lipinski definition) is 3. The molecule has 0 aliphatic heterocycles. The highest BCUT2D eigenvalue weighted by atomic mass is 31.3. The van der Waals surface area contributed by atoms with Crippen molar-refractivity contribution in [2.45, 2.75) is 0 Å². The van der Waals surface area contributed by atoms with Gasteiger partial charge in [0, 0.05) is 0 Å². The van der Waals surface area contributed by atoms with Gasteiger partial charge in [0.25, 0.3) is 0 Å². The molecule has 0 aromatic rings. The van der Waals surface area contributed by atoms with Crippen molar-refractivity contribution >= 4 is 23.2 Å². The van der Waals surface area contributed by atoms with E-state index in [9.17, 15) is 13.7 Å². The Labute approximate surface area is 78.0 Å².